The maximum Gasteiger partial charge on any atom is 0.328 e. The van der Waals surface area contributed by atoms with Crippen molar-refractivity contribution < 1.29 is 28.6 Å². The number of nitrogen functional groups attached to an aromatic ring is 1. The number of benzene rings is 2. The number of halogens is 1. The number of hydrogen-bond acceptors (Lipinski definition) is 11. The first-order valence-electron chi connectivity index (χ1n) is 21.1. The number of para-hydroxylation sites is 1. The molecule has 5 aromatic rings. The fourth-order valence-electron chi connectivity index (χ4n) is 9.36. The number of imide groups is 1. The standard InChI is InChI=1S/C45H51FN10O5/c1-28-24-56(42-35(28)21-33(23-48-42)55-18-13-40(58)49-44(55)60)32-11-16-52(17-12-32)27-45(46)14-19-53(20-15-45)43(59)31-9-7-30(8-10-31)39-26-54(25-29(2)61-39)37-22-36(50-51-41(37)47)34-5-3-4-6-38(34)57/h3-10,21-24,29,32,39,57H,11-20,25-27H2,1-2H3,(H2,47,51)(H,49,58,60)/t29-,39+/m1/s1. The van der Waals surface area contributed by atoms with E-state index < -0.39 is 11.7 Å². The molecule has 2 atom stereocenters. The van der Waals surface area contributed by atoms with E-state index in [-0.39, 0.29) is 60.9 Å². The monoisotopic (exact) mass is 830 g/mol. The Hall–Kier alpha value is -6.13. The highest BCUT2D eigenvalue weighted by Gasteiger charge is 2.39. The predicted molar refractivity (Wildman–Crippen MR) is 229 cm³/mol. The Labute approximate surface area is 353 Å². The number of morpholine rings is 1. The Morgan fingerprint density at radius 3 is 2.49 bits per heavy atom. The number of nitrogens with zero attached hydrogens (tertiary/aromatic N) is 8. The molecule has 4 aliphatic rings. The van der Waals surface area contributed by atoms with Gasteiger partial charge in [0.15, 0.2) is 5.82 Å². The molecule has 3 aromatic heterocycles. The van der Waals surface area contributed by atoms with Crippen molar-refractivity contribution >= 4 is 46.1 Å². The number of amides is 4. The average Bonchev–Trinajstić information content (AvgIpc) is 3.59. The van der Waals surface area contributed by atoms with E-state index in [1.54, 1.807) is 34.2 Å². The highest BCUT2D eigenvalue weighted by atomic mass is 19.1. The molecule has 4 saturated heterocycles. The summed E-state index contributed by atoms with van der Waals surface area (Å²) in [6.07, 6.45) is 5.94. The molecular formula is C45H51FN10O5. The lowest BCUT2D eigenvalue weighted by atomic mass is 9.91. The highest BCUT2D eigenvalue weighted by Crippen LogP contribution is 2.37. The summed E-state index contributed by atoms with van der Waals surface area (Å²) >= 11 is 0. The molecule has 0 unspecified atom stereocenters. The number of aryl methyl sites for hydroxylation is 1. The zero-order valence-electron chi connectivity index (χ0n) is 34.5. The second kappa shape index (κ2) is 16.4. The summed E-state index contributed by atoms with van der Waals surface area (Å²) in [6.45, 7) is 8.03. The number of pyridine rings is 1. The van der Waals surface area contributed by atoms with Gasteiger partial charge < -0.3 is 34.8 Å². The maximum atomic E-state index is 16.4. The number of phenols is 1. The molecule has 9 rings (SSSR count). The second-order valence-corrected chi connectivity index (χ2v) is 17.0. The van der Waals surface area contributed by atoms with Gasteiger partial charge in [-0.05, 0) is 74.2 Å². The lowest BCUT2D eigenvalue weighted by Crippen LogP contribution is -2.51. The lowest BCUT2D eigenvalue weighted by molar-refractivity contribution is -0.120. The number of phenolic OH excluding ortho intramolecular Hbond substituents is 1. The fourth-order valence-corrected chi connectivity index (χ4v) is 9.36. The molecule has 4 amide bonds. The van der Waals surface area contributed by atoms with Gasteiger partial charge in [-0.25, -0.2) is 14.2 Å². The van der Waals surface area contributed by atoms with E-state index in [0.29, 0.717) is 67.5 Å². The van der Waals surface area contributed by atoms with Crippen LogP contribution in [0.4, 0.5) is 26.4 Å². The molecule has 61 heavy (non-hydrogen) atoms. The molecule has 0 saturated carbocycles. The third-order valence-corrected chi connectivity index (χ3v) is 12.7. The molecule has 16 heteroatoms. The molecule has 0 spiro atoms. The SMILES string of the molecule is Cc1cn(C2CCN(CC3(F)CCN(C(=O)c4ccc([C@@H]5CN(c6cc(-c7ccccc7O)nnc6N)C[C@@H](C)O5)cc4)CC3)CC2)c2ncc(N3CCC(=O)NC3=O)cc12. The van der Waals surface area contributed by atoms with Gasteiger partial charge in [-0.3, -0.25) is 19.8 Å². The molecule has 318 valence electrons. The number of anilines is 3. The van der Waals surface area contributed by atoms with Gasteiger partial charge in [0.1, 0.15) is 23.2 Å². The number of fused-ring (bicyclic) bond motifs is 1. The Bertz CT molecular complexity index is 2460. The van der Waals surface area contributed by atoms with Crippen LogP contribution in [0.1, 0.15) is 72.7 Å². The van der Waals surface area contributed by atoms with Crippen LogP contribution in [0.2, 0.25) is 0 Å². The summed E-state index contributed by atoms with van der Waals surface area (Å²) in [5.41, 5.74) is 10.8. The molecule has 15 nitrogen and oxygen atoms in total. The number of alkyl halides is 1. The molecule has 0 aliphatic carbocycles. The van der Waals surface area contributed by atoms with E-state index in [2.05, 4.69) is 36.1 Å². The van der Waals surface area contributed by atoms with Crippen LogP contribution in [0.25, 0.3) is 22.3 Å². The zero-order chi connectivity index (χ0) is 42.4. The summed E-state index contributed by atoms with van der Waals surface area (Å²) in [5, 5.41) is 22.2. The van der Waals surface area contributed by atoms with Gasteiger partial charge in [0.2, 0.25) is 5.91 Å². The minimum atomic E-state index is -1.37. The van der Waals surface area contributed by atoms with Crippen molar-refractivity contribution in [2.45, 2.75) is 69.9 Å². The number of likely N-dealkylation sites (tertiary alicyclic amines) is 2. The van der Waals surface area contributed by atoms with E-state index in [1.165, 1.54) is 0 Å². The normalized spacial score (nSPS) is 21.5. The number of aromatic nitrogens is 4. The van der Waals surface area contributed by atoms with Crippen molar-refractivity contribution in [3.63, 3.8) is 0 Å². The minimum absolute atomic E-state index is 0.106. The van der Waals surface area contributed by atoms with Gasteiger partial charge in [-0.1, -0.05) is 24.3 Å². The molecule has 0 radical (unpaired) electrons. The Balaban J connectivity index is 0.776. The van der Waals surface area contributed by atoms with Crippen LogP contribution < -0.4 is 20.9 Å². The van der Waals surface area contributed by atoms with Crippen LogP contribution in [0, 0.1) is 6.92 Å². The summed E-state index contributed by atoms with van der Waals surface area (Å²) in [7, 11) is 0. The minimum Gasteiger partial charge on any atom is -0.507 e. The number of carbonyl (C=O) groups is 3. The first-order valence-corrected chi connectivity index (χ1v) is 21.1. The Kier molecular flexibility index (Phi) is 10.8. The van der Waals surface area contributed by atoms with Crippen LogP contribution in [0.3, 0.4) is 0 Å². The quantitative estimate of drug-likeness (QED) is 0.173. The van der Waals surface area contributed by atoms with Gasteiger partial charge in [-0.15, -0.1) is 10.2 Å². The number of hydrogen-bond donors (Lipinski definition) is 3. The first-order chi connectivity index (χ1) is 29.4. The van der Waals surface area contributed by atoms with Crippen LogP contribution in [-0.2, 0) is 9.53 Å². The van der Waals surface area contributed by atoms with E-state index in [1.807, 2.05) is 56.3 Å². The van der Waals surface area contributed by atoms with Crippen molar-refractivity contribution in [1.82, 2.24) is 34.9 Å². The van der Waals surface area contributed by atoms with Crippen LogP contribution in [0.15, 0.2) is 73.1 Å². The van der Waals surface area contributed by atoms with Crippen molar-refractivity contribution in [2.75, 3.05) is 67.9 Å². The van der Waals surface area contributed by atoms with E-state index in [9.17, 15) is 19.5 Å². The highest BCUT2D eigenvalue weighted by molar-refractivity contribution is 6.06. The summed E-state index contributed by atoms with van der Waals surface area (Å²) in [4.78, 5) is 50.1. The summed E-state index contributed by atoms with van der Waals surface area (Å²) in [5.74, 6) is 0.0196. The molecular weight excluding hydrogens is 780 g/mol. The fraction of sp³-hybridized carbons (Fsp3) is 0.422. The first kappa shape index (κ1) is 40.3. The molecule has 4 aliphatic heterocycles. The van der Waals surface area contributed by atoms with Gasteiger partial charge in [0.05, 0.1) is 29.4 Å². The molecule has 4 fully saturated rings. The largest absolute Gasteiger partial charge is 0.507 e. The average molecular weight is 831 g/mol. The van der Waals surface area contributed by atoms with Crippen molar-refractivity contribution in [3.8, 4) is 17.0 Å². The molecule has 2 aromatic carbocycles. The number of carbonyl (C=O) groups excluding carboxylic acids is 3. The zero-order valence-corrected chi connectivity index (χ0v) is 34.5. The maximum absolute atomic E-state index is 16.4. The van der Waals surface area contributed by atoms with Crippen LogP contribution in [-0.4, -0.2) is 117 Å². The topological polar surface area (TPSA) is 175 Å². The Morgan fingerprint density at radius 1 is 1.00 bits per heavy atom. The van der Waals surface area contributed by atoms with Gasteiger partial charge >= 0.3 is 6.03 Å². The van der Waals surface area contributed by atoms with E-state index in [0.717, 1.165) is 48.1 Å². The third-order valence-electron chi connectivity index (χ3n) is 12.7. The smallest absolute Gasteiger partial charge is 0.328 e. The van der Waals surface area contributed by atoms with Gasteiger partial charge in [0, 0.05) is 100 Å². The number of piperidine rings is 2. The third kappa shape index (κ3) is 8.21. The lowest BCUT2D eigenvalue weighted by Gasteiger charge is -2.41. The number of urea groups is 1. The predicted octanol–water partition coefficient (Wildman–Crippen LogP) is 5.78. The van der Waals surface area contributed by atoms with Gasteiger partial charge in [0.25, 0.3) is 5.91 Å². The van der Waals surface area contributed by atoms with Crippen LogP contribution in [0.5, 0.6) is 5.75 Å². The summed E-state index contributed by atoms with van der Waals surface area (Å²) in [6, 6.07) is 18.1. The van der Waals surface area contributed by atoms with Crippen molar-refractivity contribution in [2.24, 2.45) is 0 Å². The van der Waals surface area contributed by atoms with Gasteiger partial charge in [-0.2, -0.15) is 0 Å². The Morgan fingerprint density at radius 2 is 1.75 bits per heavy atom. The number of ether oxygens (including phenoxy) is 1. The van der Waals surface area contributed by atoms with Crippen molar-refractivity contribution in [1.29, 1.82) is 0 Å². The second-order valence-electron chi connectivity index (χ2n) is 17.0. The van der Waals surface area contributed by atoms with Crippen LogP contribution >= 0.6 is 0 Å². The molecule has 0 bridgehead atoms. The van der Waals surface area contributed by atoms with Crippen molar-refractivity contribution in [3.05, 3.63) is 89.7 Å². The summed E-state index contributed by atoms with van der Waals surface area (Å²) < 4.78 is 24.9. The molecule has 7 heterocycles. The van der Waals surface area contributed by atoms with E-state index >= 15 is 4.39 Å². The number of aromatic hydroxyl groups is 1. The molecule has 4 N–H and O–H groups in total. The number of rotatable bonds is 8. The number of nitrogens with two attached hydrogens (primary N) is 1. The number of nitrogens with one attached hydrogen (secondary N) is 1. The van der Waals surface area contributed by atoms with E-state index in [4.69, 9.17) is 15.5 Å².